The van der Waals surface area contributed by atoms with E-state index < -0.39 is 6.04 Å². The number of nitrogens with one attached hydrogen (secondary N) is 1. The molecule has 0 aliphatic carbocycles. The van der Waals surface area contributed by atoms with Crippen molar-refractivity contribution in [3.05, 3.63) is 54.1 Å². The highest BCUT2D eigenvalue weighted by molar-refractivity contribution is 6.05. The molecule has 0 bridgehead atoms. The predicted octanol–water partition coefficient (Wildman–Crippen LogP) is 3.44. The molecule has 3 aromatic rings. The van der Waals surface area contributed by atoms with Crippen LogP contribution in [0.3, 0.4) is 0 Å². The second-order valence-corrected chi connectivity index (χ2v) is 7.99. The van der Waals surface area contributed by atoms with Crippen molar-refractivity contribution in [1.29, 1.82) is 0 Å². The lowest BCUT2D eigenvalue weighted by atomic mass is 10.1. The average molecular weight is 404 g/mol. The maximum absolute atomic E-state index is 13.3. The van der Waals surface area contributed by atoms with E-state index in [9.17, 15) is 9.59 Å². The fraction of sp³-hybridized carbons (Fsp3) is 0.348. The molecule has 7 heteroatoms. The van der Waals surface area contributed by atoms with Gasteiger partial charge in [0.25, 0.3) is 5.91 Å². The zero-order chi connectivity index (χ0) is 20.7. The van der Waals surface area contributed by atoms with Crippen LogP contribution in [0.5, 0.6) is 0 Å². The lowest BCUT2D eigenvalue weighted by Crippen LogP contribution is -2.37. The highest BCUT2D eigenvalue weighted by Gasteiger charge is 2.42. The molecule has 1 aromatic heterocycles. The number of carbonyl (C=O) groups excluding carboxylic acids is 2. The molecule has 0 unspecified atom stereocenters. The maximum Gasteiger partial charge on any atom is 0.253 e. The van der Waals surface area contributed by atoms with Crippen LogP contribution in [0.25, 0.3) is 11.0 Å². The van der Waals surface area contributed by atoms with E-state index in [-0.39, 0.29) is 24.3 Å². The number of benzene rings is 2. The number of aromatic nitrogens is 2. The standard InChI is InChI=1S/C23H24N4O3/c1-15-6-4-7-16(12-15)24-21(28)13-20-22(29)26(14-17-8-5-11-30-17)23-25-18-9-2-3-10-19(18)27(20)23/h2-4,6-7,9-10,12,17,20H,5,8,11,13-14H2,1H3,(H,24,28)/t17-,20+/m1/s1. The number of para-hydroxylation sites is 2. The number of fused-ring (bicyclic) bond motifs is 3. The number of hydrogen-bond donors (Lipinski definition) is 1. The van der Waals surface area contributed by atoms with Crippen molar-refractivity contribution in [3.8, 4) is 0 Å². The summed E-state index contributed by atoms with van der Waals surface area (Å²) >= 11 is 0. The number of amides is 2. The second-order valence-electron chi connectivity index (χ2n) is 7.99. The molecule has 0 saturated carbocycles. The third kappa shape index (κ3) is 3.35. The van der Waals surface area contributed by atoms with Gasteiger partial charge in [0, 0.05) is 12.3 Å². The minimum Gasteiger partial charge on any atom is -0.376 e. The van der Waals surface area contributed by atoms with Crippen LogP contribution < -0.4 is 10.2 Å². The number of anilines is 2. The molecule has 0 radical (unpaired) electrons. The topological polar surface area (TPSA) is 76.5 Å². The maximum atomic E-state index is 13.3. The Morgan fingerprint density at radius 3 is 2.90 bits per heavy atom. The van der Waals surface area contributed by atoms with Gasteiger partial charge in [-0.25, -0.2) is 4.98 Å². The predicted molar refractivity (Wildman–Crippen MR) is 115 cm³/mol. The normalized spacial score (nSPS) is 20.7. The third-order valence-corrected chi connectivity index (χ3v) is 5.77. The average Bonchev–Trinajstić information content (AvgIpc) is 3.42. The van der Waals surface area contributed by atoms with Crippen LogP contribution in [-0.4, -0.2) is 40.6 Å². The molecule has 0 spiro atoms. The summed E-state index contributed by atoms with van der Waals surface area (Å²) in [4.78, 5) is 32.5. The van der Waals surface area contributed by atoms with Crippen molar-refractivity contribution >= 4 is 34.5 Å². The first-order valence-corrected chi connectivity index (χ1v) is 10.4. The summed E-state index contributed by atoms with van der Waals surface area (Å²) in [5.41, 5.74) is 3.48. The van der Waals surface area contributed by atoms with Gasteiger partial charge in [-0.2, -0.15) is 0 Å². The lowest BCUT2D eigenvalue weighted by Gasteiger charge is -2.19. The van der Waals surface area contributed by atoms with Crippen molar-refractivity contribution in [1.82, 2.24) is 9.55 Å². The molecule has 30 heavy (non-hydrogen) atoms. The van der Waals surface area contributed by atoms with Crippen LogP contribution in [0.15, 0.2) is 48.5 Å². The summed E-state index contributed by atoms with van der Waals surface area (Å²) in [6, 6.07) is 14.8. The fourth-order valence-corrected chi connectivity index (χ4v) is 4.37. The molecule has 2 aliphatic rings. The molecule has 1 saturated heterocycles. The van der Waals surface area contributed by atoms with Crippen molar-refractivity contribution in [2.24, 2.45) is 0 Å². The highest BCUT2D eigenvalue weighted by Crippen LogP contribution is 2.37. The summed E-state index contributed by atoms with van der Waals surface area (Å²) in [7, 11) is 0. The van der Waals surface area contributed by atoms with Crippen molar-refractivity contribution in [2.75, 3.05) is 23.4 Å². The first-order valence-electron chi connectivity index (χ1n) is 10.4. The first kappa shape index (κ1) is 18.8. The minimum atomic E-state index is -0.612. The third-order valence-electron chi connectivity index (χ3n) is 5.77. The van der Waals surface area contributed by atoms with Crippen LogP contribution in [0, 0.1) is 6.92 Å². The van der Waals surface area contributed by atoms with Gasteiger partial charge in [0.05, 0.1) is 30.1 Å². The molecule has 2 atom stereocenters. The van der Waals surface area contributed by atoms with Crippen LogP contribution in [0.1, 0.15) is 30.9 Å². The van der Waals surface area contributed by atoms with Crippen LogP contribution in [-0.2, 0) is 14.3 Å². The van der Waals surface area contributed by atoms with Gasteiger partial charge in [-0.1, -0.05) is 24.3 Å². The van der Waals surface area contributed by atoms with Gasteiger partial charge in [0.15, 0.2) is 0 Å². The molecule has 2 amide bonds. The van der Waals surface area contributed by atoms with E-state index in [1.165, 1.54) is 0 Å². The smallest absolute Gasteiger partial charge is 0.253 e. The molecule has 1 fully saturated rings. The van der Waals surface area contributed by atoms with Gasteiger partial charge in [-0.3, -0.25) is 19.1 Å². The molecular weight excluding hydrogens is 380 g/mol. The number of nitrogens with zero attached hydrogens (tertiary/aromatic N) is 3. The van der Waals surface area contributed by atoms with E-state index in [4.69, 9.17) is 9.72 Å². The molecule has 3 heterocycles. The number of hydrogen-bond acceptors (Lipinski definition) is 4. The monoisotopic (exact) mass is 404 g/mol. The Morgan fingerprint density at radius 1 is 1.23 bits per heavy atom. The Morgan fingerprint density at radius 2 is 2.10 bits per heavy atom. The number of ether oxygens (including phenoxy) is 1. The number of imidazole rings is 1. The Hall–Kier alpha value is -3.19. The number of aryl methyl sites for hydroxylation is 1. The SMILES string of the molecule is Cc1cccc(NC(=O)C[C@H]2C(=O)N(C[C@H]3CCCO3)c3nc4ccccc4n32)c1. The second kappa shape index (κ2) is 7.57. The van der Waals surface area contributed by atoms with Crippen LogP contribution >= 0.6 is 0 Å². The summed E-state index contributed by atoms with van der Waals surface area (Å²) in [6.45, 7) is 3.17. The number of carbonyl (C=O) groups is 2. The van der Waals surface area contributed by atoms with Crippen molar-refractivity contribution in [2.45, 2.75) is 38.3 Å². The Bertz CT molecular complexity index is 1120. The molecular formula is C23H24N4O3. The van der Waals surface area contributed by atoms with E-state index in [2.05, 4.69) is 5.32 Å². The van der Waals surface area contributed by atoms with Gasteiger partial charge < -0.3 is 10.1 Å². The van der Waals surface area contributed by atoms with Crippen LogP contribution in [0.4, 0.5) is 11.6 Å². The quantitative estimate of drug-likeness (QED) is 0.707. The minimum absolute atomic E-state index is 0.0158. The van der Waals surface area contributed by atoms with Gasteiger partial charge in [0.1, 0.15) is 6.04 Å². The largest absolute Gasteiger partial charge is 0.376 e. The molecule has 2 aliphatic heterocycles. The van der Waals surface area contributed by atoms with E-state index >= 15 is 0 Å². The van der Waals surface area contributed by atoms with Gasteiger partial charge >= 0.3 is 0 Å². The number of rotatable bonds is 5. The Balaban J connectivity index is 1.44. The van der Waals surface area contributed by atoms with Gasteiger partial charge in [-0.15, -0.1) is 0 Å². The summed E-state index contributed by atoms with van der Waals surface area (Å²) in [6.07, 6.45) is 2.01. The van der Waals surface area contributed by atoms with Gasteiger partial charge in [-0.05, 0) is 49.6 Å². The molecule has 5 rings (SSSR count). The van der Waals surface area contributed by atoms with Crippen molar-refractivity contribution in [3.63, 3.8) is 0 Å². The van der Waals surface area contributed by atoms with Gasteiger partial charge in [0.2, 0.25) is 11.9 Å². The Labute approximate surface area is 174 Å². The first-order chi connectivity index (χ1) is 14.6. The zero-order valence-corrected chi connectivity index (χ0v) is 16.9. The van der Waals surface area contributed by atoms with E-state index in [0.29, 0.717) is 12.5 Å². The van der Waals surface area contributed by atoms with E-state index in [0.717, 1.165) is 41.7 Å². The van der Waals surface area contributed by atoms with Crippen molar-refractivity contribution < 1.29 is 14.3 Å². The molecule has 1 N–H and O–H groups in total. The fourth-order valence-electron chi connectivity index (χ4n) is 4.37. The molecule has 7 nitrogen and oxygen atoms in total. The van der Waals surface area contributed by atoms with Crippen LogP contribution in [0.2, 0.25) is 0 Å². The molecule has 154 valence electrons. The summed E-state index contributed by atoms with van der Waals surface area (Å²) in [5.74, 6) is 0.310. The Kier molecular flexibility index (Phi) is 4.75. The highest BCUT2D eigenvalue weighted by atomic mass is 16.5. The molecule has 2 aromatic carbocycles. The lowest BCUT2D eigenvalue weighted by molar-refractivity contribution is -0.124. The summed E-state index contributed by atoms with van der Waals surface area (Å²) < 4.78 is 7.65. The van der Waals surface area contributed by atoms with E-state index in [1.54, 1.807) is 4.90 Å². The summed E-state index contributed by atoms with van der Waals surface area (Å²) in [5, 5.41) is 2.92. The van der Waals surface area contributed by atoms with E-state index in [1.807, 2.05) is 60.0 Å². The zero-order valence-electron chi connectivity index (χ0n) is 16.9.